The molecule has 2 rings (SSSR count). The van der Waals surface area contributed by atoms with Gasteiger partial charge in [-0.1, -0.05) is 41.5 Å². The van der Waals surface area contributed by atoms with Crippen LogP contribution >= 0.6 is 0 Å². The van der Waals surface area contributed by atoms with E-state index in [1.54, 1.807) is 0 Å². The summed E-state index contributed by atoms with van der Waals surface area (Å²) >= 11 is 0. The minimum atomic E-state index is -0.187. The highest BCUT2D eigenvalue weighted by Gasteiger charge is 2.65. The van der Waals surface area contributed by atoms with Gasteiger partial charge in [0.05, 0.1) is 6.10 Å². The van der Waals surface area contributed by atoms with Crippen LogP contribution in [0.25, 0.3) is 0 Å². The molecule has 0 aliphatic carbocycles. The Labute approximate surface area is 100 Å². The van der Waals surface area contributed by atoms with Crippen molar-refractivity contribution in [2.45, 2.75) is 59.7 Å². The van der Waals surface area contributed by atoms with Gasteiger partial charge in [0.1, 0.15) is 0 Å². The summed E-state index contributed by atoms with van der Waals surface area (Å²) in [6, 6.07) is 0.893. The number of hydrogen-bond acceptors (Lipinski definition) is 2. The van der Waals surface area contributed by atoms with E-state index in [2.05, 4.69) is 53.5 Å². The van der Waals surface area contributed by atoms with Crippen molar-refractivity contribution in [2.24, 2.45) is 22.7 Å². The maximum Gasteiger partial charge on any atom is 0.0729 e. The third-order valence-corrected chi connectivity index (χ3v) is 6.21. The molecule has 2 bridgehead atoms. The van der Waals surface area contributed by atoms with Crippen LogP contribution in [-0.4, -0.2) is 35.2 Å². The van der Waals surface area contributed by atoms with Crippen molar-refractivity contribution < 1.29 is 5.11 Å². The van der Waals surface area contributed by atoms with Crippen molar-refractivity contribution in [1.29, 1.82) is 0 Å². The first kappa shape index (κ1) is 12.4. The second-order valence-electron chi connectivity index (χ2n) is 7.21. The van der Waals surface area contributed by atoms with Gasteiger partial charge in [-0.2, -0.15) is 0 Å². The van der Waals surface area contributed by atoms with Gasteiger partial charge in [0.25, 0.3) is 0 Å². The molecule has 0 amide bonds. The summed E-state index contributed by atoms with van der Waals surface area (Å²) in [5.74, 6) is 0.972. The van der Waals surface area contributed by atoms with Crippen LogP contribution in [0.4, 0.5) is 0 Å². The van der Waals surface area contributed by atoms with Gasteiger partial charge in [-0.25, -0.2) is 0 Å². The predicted molar refractivity (Wildman–Crippen MR) is 67.2 cm³/mol. The van der Waals surface area contributed by atoms with E-state index in [4.69, 9.17) is 0 Å². The average molecular weight is 225 g/mol. The lowest BCUT2D eigenvalue weighted by Crippen LogP contribution is -2.56. The van der Waals surface area contributed by atoms with E-state index in [0.717, 1.165) is 0 Å². The molecule has 0 spiro atoms. The SMILES string of the molecule is CC1C(C)C2N(C)C(C1O)C(C)(C)C2(C)C. The van der Waals surface area contributed by atoms with Gasteiger partial charge in [0.15, 0.2) is 0 Å². The van der Waals surface area contributed by atoms with E-state index in [1.807, 2.05) is 0 Å². The second kappa shape index (κ2) is 3.23. The topological polar surface area (TPSA) is 23.5 Å². The van der Waals surface area contributed by atoms with Crippen LogP contribution in [0, 0.1) is 22.7 Å². The number of rotatable bonds is 0. The zero-order valence-corrected chi connectivity index (χ0v) is 11.8. The Morgan fingerprint density at radius 3 is 1.81 bits per heavy atom. The van der Waals surface area contributed by atoms with E-state index in [-0.39, 0.29) is 16.9 Å². The molecular formula is C14H27NO. The Hall–Kier alpha value is -0.0800. The van der Waals surface area contributed by atoms with Gasteiger partial charge < -0.3 is 5.11 Å². The summed E-state index contributed by atoms with van der Waals surface area (Å²) in [5, 5.41) is 10.5. The van der Waals surface area contributed by atoms with E-state index in [1.165, 1.54) is 0 Å². The number of fused-ring (bicyclic) bond motifs is 2. The lowest BCUT2D eigenvalue weighted by molar-refractivity contribution is -0.0586. The number of hydrogen-bond donors (Lipinski definition) is 1. The van der Waals surface area contributed by atoms with Crippen molar-refractivity contribution in [3.8, 4) is 0 Å². The molecule has 0 aromatic carbocycles. The molecule has 2 aliphatic rings. The van der Waals surface area contributed by atoms with Crippen LogP contribution in [0.3, 0.4) is 0 Å². The van der Waals surface area contributed by atoms with E-state index in [9.17, 15) is 5.11 Å². The van der Waals surface area contributed by atoms with Crippen LogP contribution in [0.15, 0.2) is 0 Å². The smallest absolute Gasteiger partial charge is 0.0729 e. The fourth-order valence-corrected chi connectivity index (χ4v) is 4.54. The second-order valence-corrected chi connectivity index (χ2v) is 7.21. The molecule has 94 valence electrons. The van der Waals surface area contributed by atoms with Crippen molar-refractivity contribution in [3.05, 3.63) is 0 Å². The average Bonchev–Trinajstić information content (AvgIpc) is 2.24. The minimum Gasteiger partial charge on any atom is -0.391 e. The Bertz CT molecular complexity index is 269. The number of aliphatic hydroxyl groups is 1. The quantitative estimate of drug-likeness (QED) is 0.684. The zero-order valence-electron chi connectivity index (χ0n) is 11.8. The molecule has 0 radical (unpaired) electrons. The fourth-order valence-electron chi connectivity index (χ4n) is 4.54. The first-order valence-corrected chi connectivity index (χ1v) is 6.54. The first-order chi connectivity index (χ1) is 7.14. The van der Waals surface area contributed by atoms with Crippen LogP contribution in [-0.2, 0) is 0 Å². The van der Waals surface area contributed by atoms with Gasteiger partial charge in [-0.05, 0) is 29.7 Å². The predicted octanol–water partition coefficient (Wildman–Crippen LogP) is 2.37. The molecule has 2 saturated heterocycles. The highest BCUT2D eigenvalue weighted by atomic mass is 16.3. The first-order valence-electron chi connectivity index (χ1n) is 6.54. The maximum absolute atomic E-state index is 10.5. The molecule has 5 unspecified atom stereocenters. The summed E-state index contributed by atoms with van der Waals surface area (Å²) in [5.41, 5.74) is 0.433. The molecule has 16 heavy (non-hydrogen) atoms. The van der Waals surface area contributed by atoms with Crippen molar-refractivity contribution >= 4 is 0 Å². The Morgan fingerprint density at radius 1 is 0.875 bits per heavy atom. The number of aliphatic hydroxyl groups excluding tert-OH is 1. The highest BCUT2D eigenvalue weighted by molar-refractivity contribution is 5.17. The van der Waals surface area contributed by atoms with Crippen molar-refractivity contribution in [2.75, 3.05) is 7.05 Å². The van der Waals surface area contributed by atoms with Crippen molar-refractivity contribution in [1.82, 2.24) is 4.90 Å². The van der Waals surface area contributed by atoms with Gasteiger partial charge in [0.2, 0.25) is 0 Å². The van der Waals surface area contributed by atoms with Gasteiger partial charge in [-0.15, -0.1) is 0 Å². The van der Waals surface area contributed by atoms with Crippen LogP contribution in [0.2, 0.25) is 0 Å². The molecule has 2 nitrogen and oxygen atoms in total. The molecule has 2 heteroatoms. The normalized spacial score (nSPS) is 50.6. The van der Waals surface area contributed by atoms with E-state index < -0.39 is 0 Å². The Kier molecular flexibility index (Phi) is 2.50. The van der Waals surface area contributed by atoms with E-state index in [0.29, 0.717) is 23.9 Å². The monoisotopic (exact) mass is 225 g/mol. The molecule has 5 atom stereocenters. The van der Waals surface area contributed by atoms with Crippen molar-refractivity contribution in [3.63, 3.8) is 0 Å². The minimum absolute atomic E-state index is 0.171. The lowest BCUT2D eigenvalue weighted by Gasteiger charge is -2.45. The molecule has 1 N–H and O–H groups in total. The molecule has 2 fully saturated rings. The number of piperidine rings is 1. The molecule has 0 saturated carbocycles. The van der Waals surface area contributed by atoms with Crippen LogP contribution in [0.1, 0.15) is 41.5 Å². The Balaban J connectivity index is 2.53. The number of likely N-dealkylation sites (N-methyl/N-ethyl adjacent to an activating group) is 1. The highest BCUT2D eigenvalue weighted by Crippen LogP contribution is 2.60. The number of nitrogens with zero attached hydrogens (tertiary/aromatic N) is 1. The summed E-state index contributed by atoms with van der Waals surface area (Å²) in [6.07, 6.45) is -0.187. The molecule has 0 aromatic rings. The third kappa shape index (κ3) is 1.15. The molecular weight excluding hydrogens is 198 g/mol. The standard InChI is InChI=1S/C14H27NO/c1-8-9(2)11-13(3,4)14(5,6)12(10(8)16)15(11)7/h8-12,16H,1-7H3. The molecule has 0 aromatic heterocycles. The third-order valence-electron chi connectivity index (χ3n) is 6.21. The van der Waals surface area contributed by atoms with Gasteiger partial charge in [0, 0.05) is 12.1 Å². The Morgan fingerprint density at radius 2 is 1.31 bits per heavy atom. The van der Waals surface area contributed by atoms with Gasteiger partial charge >= 0.3 is 0 Å². The van der Waals surface area contributed by atoms with E-state index >= 15 is 0 Å². The van der Waals surface area contributed by atoms with Crippen LogP contribution < -0.4 is 0 Å². The molecule has 2 heterocycles. The maximum atomic E-state index is 10.5. The summed E-state index contributed by atoms with van der Waals surface area (Å²) in [4.78, 5) is 2.44. The summed E-state index contributed by atoms with van der Waals surface area (Å²) in [6.45, 7) is 13.9. The summed E-state index contributed by atoms with van der Waals surface area (Å²) in [7, 11) is 2.19. The molecule has 2 aliphatic heterocycles. The zero-order chi connectivity index (χ0) is 12.5. The largest absolute Gasteiger partial charge is 0.391 e. The van der Waals surface area contributed by atoms with Gasteiger partial charge in [-0.3, -0.25) is 4.90 Å². The fraction of sp³-hybridized carbons (Fsp3) is 1.00. The lowest BCUT2D eigenvalue weighted by atomic mass is 9.64. The summed E-state index contributed by atoms with van der Waals surface area (Å²) < 4.78 is 0. The van der Waals surface area contributed by atoms with Crippen LogP contribution in [0.5, 0.6) is 0 Å².